The summed E-state index contributed by atoms with van der Waals surface area (Å²) in [5.74, 6) is -0.0733. The lowest BCUT2D eigenvalue weighted by molar-refractivity contribution is -0.120. The molecular formula is C15H18N2O3S2. The molecule has 0 radical (unpaired) electrons. The van der Waals surface area contributed by atoms with Gasteiger partial charge in [-0.2, -0.15) is 4.99 Å². The van der Waals surface area contributed by atoms with Crippen molar-refractivity contribution in [2.45, 2.75) is 25.1 Å². The second-order valence-electron chi connectivity index (χ2n) is 5.89. The van der Waals surface area contributed by atoms with Crippen LogP contribution >= 0.6 is 11.8 Å². The normalized spacial score (nSPS) is 28.3. The van der Waals surface area contributed by atoms with E-state index in [1.807, 2.05) is 49.1 Å². The van der Waals surface area contributed by atoms with Crippen molar-refractivity contribution in [1.82, 2.24) is 0 Å². The maximum absolute atomic E-state index is 12.0. The summed E-state index contributed by atoms with van der Waals surface area (Å²) in [5.41, 5.74) is 0.884. The fourth-order valence-corrected chi connectivity index (χ4v) is 6.60. The molecule has 1 aromatic carbocycles. The van der Waals surface area contributed by atoms with E-state index in [1.54, 1.807) is 0 Å². The quantitative estimate of drug-likeness (QED) is 0.824. The Kier molecular flexibility index (Phi) is 4.03. The first-order valence-electron chi connectivity index (χ1n) is 7.21. The highest BCUT2D eigenvalue weighted by molar-refractivity contribution is 8.16. The van der Waals surface area contributed by atoms with E-state index in [0.717, 1.165) is 5.69 Å². The minimum Gasteiger partial charge on any atom is -0.316 e. The summed E-state index contributed by atoms with van der Waals surface area (Å²) < 4.78 is 23.8. The molecule has 5 nitrogen and oxygen atoms in total. The van der Waals surface area contributed by atoms with Gasteiger partial charge in [-0.05, 0) is 12.1 Å². The van der Waals surface area contributed by atoms with Crippen LogP contribution in [0, 0.1) is 5.92 Å². The highest BCUT2D eigenvalue weighted by Gasteiger charge is 2.49. The van der Waals surface area contributed by atoms with Gasteiger partial charge in [0.25, 0.3) is 5.91 Å². The maximum atomic E-state index is 12.0. The number of anilines is 1. The van der Waals surface area contributed by atoms with Crippen molar-refractivity contribution in [3.05, 3.63) is 30.3 Å². The van der Waals surface area contributed by atoms with Crippen molar-refractivity contribution in [3.63, 3.8) is 0 Å². The Morgan fingerprint density at radius 1 is 1.27 bits per heavy atom. The van der Waals surface area contributed by atoms with E-state index < -0.39 is 9.84 Å². The molecule has 1 amide bonds. The lowest BCUT2D eigenvalue weighted by atomic mass is 10.2. The van der Waals surface area contributed by atoms with Crippen molar-refractivity contribution >= 4 is 38.4 Å². The average molecular weight is 338 g/mol. The average Bonchev–Trinajstić information content (AvgIpc) is 2.90. The van der Waals surface area contributed by atoms with Gasteiger partial charge in [0, 0.05) is 16.9 Å². The first kappa shape index (κ1) is 15.6. The number of amidine groups is 1. The van der Waals surface area contributed by atoms with Crippen LogP contribution < -0.4 is 4.90 Å². The molecule has 2 aliphatic heterocycles. The van der Waals surface area contributed by atoms with Gasteiger partial charge in [0.05, 0.1) is 17.5 Å². The first-order valence-corrected chi connectivity index (χ1v) is 9.91. The molecule has 7 heteroatoms. The Balaban J connectivity index is 2.00. The van der Waals surface area contributed by atoms with E-state index in [9.17, 15) is 13.2 Å². The van der Waals surface area contributed by atoms with Gasteiger partial charge in [-0.25, -0.2) is 8.42 Å². The zero-order valence-electron chi connectivity index (χ0n) is 12.5. The smallest absolute Gasteiger partial charge is 0.250 e. The Morgan fingerprint density at radius 2 is 1.95 bits per heavy atom. The van der Waals surface area contributed by atoms with Crippen LogP contribution in [0.3, 0.4) is 0 Å². The summed E-state index contributed by atoms with van der Waals surface area (Å²) in [4.78, 5) is 18.1. The number of thioether (sulfide) groups is 1. The standard InChI is InChI=1S/C15H18N2O3S2/c1-10(2)14(18)16-15-17(11-6-4-3-5-7-11)12-8-22(19,20)9-13(12)21-15/h3-7,10,12-13H,8-9H2,1-2H3/t12-,13+/m1/s1. The van der Waals surface area contributed by atoms with Crippen molar-refractivity contribution in [2.75, 3.05) is 16.4 Å². The SMILES string of the molecule is CC(C)C(=O)N=C1S[C@H]2CS(=O)(=O)C[C@H]2N1c1ccccc1. The third kappa shape index (κ3) is 2.92. The number of carbonyl (C=O) groups is 1. The summed E-state index contributed by atoms with van der Waals surface area (Å²) >= 11 is 1.41. The number of carbonyl (C=O) groups excluding carboxylic acids is 1. The molecule has 0 aromatic heterocycles. The molecular weight excluding hydrogens is 320 g/mol. The van der Waals surface area contributed by atoms with E-state index in [0.29, 0.717) is 5.17 Å². The Bertz CT molecular complexity index is 714. The van der Waals surface area contributed by atoms with Crippen molar-refractivity contribution < 1.29 is 13.2 Å². The summed E-state index contributed by atoms with van der Waals surface area (Å²) in [5, 5.41) is 0.568. The van der Waals surface area contributed by atoms with Gasteiger partial charge in [-0.1, -0.05) is 43.8 Å². The highest BCUT2D eigenvalue weighted by Crippen LogP contribution is 2.40. The number of para-hydroxylation sites is 1. The summed E-state index contributed by atoms with van der Waals surface area (Å²) in [6.07, 6.45) is 0. The van der Waals surface area contributed by atoms with Crippen molar-refractivity contribution in [2.24, 2.45) is 10.9 Å². The molecule has 0 unspecified atom stereocenters. The van der Waals surface area contributed by atoms with Gasteiger partial charge < -0.3 is 4.90 Å². The predicted octanol–water partition coefficient (Wildman–Crippen LogP) is 1.94. The predicted molar refractivity (Wildman–Crippen MR) is 90.0 cm³/mol. The number of amides is 1. The number of hydrogen-bond acceptors (Lipinski definition) is 4. The summed E-state index contributed by atoms with van der Waals surface area (Å²) in [6.45, 7) is 3.62. The number of nitrogens with zero attached hydrogens (tertiary/aromatic N) is 2. The number of fused-ring (bicyclic) bond motifs is 1. The Morgan fingerprint density at radius 3 is 2.59 bits per heavy atom. The van der Waals surface area contributed by atoms with Crippen LogP contribution in [0.1, 0.15) is 13.8 Å². The van der Waals surface area contributed by atoms with Crippen LogP contribution in [0.25, 0.3) is 0 Å². The Labute approximate surface area is 134 Å². The third-order valence-electron chi connectivity index (χ3n) is 3.80. The molecule has 2 saturated heterocycles. The van der Waals surface area contributed by atoms with E-state index in [2.05, 4.69) is 4.99 Å². The van der Waals surface area contributed by atoms with Crippen molar-refractivity contribution in [1.29, 1.82) is 0 Å². The largest absolute Gasteiger partial charge is 0.316 e. The molecule has 0 aliphatic carbocycles. The number of rotatable bonds is 2. The number of benzene rings is 1. The van der Waals surface area contributed by atoms with Gasteiger partial charge in [-0.15, -0.1) is 0 Å². The van der Waals surface area contributed by atoms with Gasteiger partial charge in [0.1, 0.15) is 0 Å². The molecule has 3 rings (SSSR count). The zero-order chi connectivity index (χ0) is 15.9. The van der Waals surface area contributed by atoms with E-state index in [-0.39, 0.29) is 34.6 Å². The number of hydrogen-bond donors (Lipinski definition) is 0. The van der Waals surface area contributed by atoms with E-state index in [1.165, 1.54) is 11.8 Å². The molecule has 2 fully saturated rings. The van der Waals surface area contributed by atoms with E-state index in [4.69, 9.17) is 0 Å². The van der Waals surface area contributed by atoms with Crippen LogP contribution in [-0.4, -0.2) is 42.3 Å². The molecule has 0 bridgehead atoms. The lowest BCUT2D eigenvalue weighted by Crippen LogP contribution is -2.37. The molecule has 0 spiro atoms. The molecule has 0 saturated carbocycles. The zero-order valence-corrected chi connectivity index (χ0v) is 14.1. The first-order chi connectivity index (χ1) is 10.4. The minimum absolute atomic E-state index is 0.0519. The van der Waals surface area contributed by atoms with E-state index >= 15 is 0 Å². The van der Waals surface area contributed by atoms with Crippen LogP contribution in [0.2, 0.25) is 0 Å². The summed E-state index contributed by atoms with van der Waals surface area (Å²) in [7, 11) is -3.02. The molecule has 118 valence electrons. The molecule has 22 heavy (non-hydrogen) atoms. The van der Waals surface area contributed by atoms with Crippen LogP contribution in [-0.2, 0) is 14.6 Å². The molecule has 0 N–H and O–H groups in total. The van der Waals surface area contributed by atoms with Crippen LogP contribution in [0.5, 0.6) is 0 Å². The van der Waals surface area contributed by atoms with Crippen LogP contribution in [0.4, 0.5) is 5.69 Å². The fourth-order valence-electron chi connectivity index (χ4n) is 2.68. The number of sulfone groups is 1. The second kappa shape index (κ2) is 5.70. The van der Waals surface area contributed by atoms with Crippen molar-refractivity contribution in [3.8, 4) is 0 Å². The molecule has 2 aliphatic rings. The molecule has 2 heterocycles. The monoisotopic (exact) mass is 338 g/mol. The third-order valence-corrected chi connectivity index (χ3v) is 7.01. The molecule has 1 aromatic rings. The maximum Gasteiger partial charge on any atom is 0.250 e. The lowest BCUT2D eigenvalue weighted by Gasteiger charge is -2.24. The van der Waals surface area contributed by atoms with Gasteiger partial charge in [0.15, 0.2) is 15.0 Å². The second-order valence-corrected chi connectivity index (χ2v) is 9.25. The summed E-state index contributed by atoms with van der Waals surface area (Å²) in [6, 6.07) is 9.41. The highest BCUT2D eigenvalue weighted by atomic mass is 32.2. The van der Waals surface area contributed by atoms with Gasteiger partial charge in [0.2, 0.25) is 0 Å². The topological polar surface area (TPSA) is 66.8 Å². The Hall–Kier alpha value is -1.34. The molecule has 2 atom stereocenters. The van der Waals surface area contributed by atoms with Gasteiger partial charge in [-0.3, -0.25) is 4.79 Å². The fraction of sp³-hybridized carbons (Fsp3) is 0.467. The van der Waals surface area contributed by atoms with Gasteiger partial charge >= 0.3 is 0 Å². The minimum atomic E-state index is -3.02. The van der Waals surface area contributed by atoms with Crippen LogP contribution in [0.15, 0.2) is 35.3 Å². The number of aliphatic imine (C=N–C) groups is 1.